The van der Waals surface area contributed by atoms with E-state index in [0.717, 1.165) is 25.7 Å². The van der Waals surface area contributed by atoms with Crippen molar-refractivity contribution in [3.8, 4) is 0 Å². The summed E-state index contributed by atoms with van der Waals surface area (Å²) in [6, 6.07) is 9.13. The van der Waals surface area contributed by atoms with Crippen LogP contribution >= 0.6 is 0 Å². The number of aliphatic imine (C=N–C) groups is 1. The molecule has 1 saturated carbocycles. The van der Waals surface area contributed by atoms with E-state index in [1.54, 1.807) is 24.1 Å². The molecule has 3 N–H and O–H groups in total. The highest BCUT2D eigenvalue weighted by molar-refractivity contribution is 5.94. The fourth-order valence-electron chi connectivity index (χ4n) is 3.51. The molecular formula is C20H31N5O2. The summed E-state index contributed by atoms with van der Waals surface area (Å²) in [6.07, 6.45) is 3.97. The van der Waals surface area contributed by atoms with Crippen molar-refractivity contribution in [3.05, 3.63) is 35.9 Å². The molecule has 7 nitrogen and oxygen atoms in total. The Balaban J connectivity index is 1.77. The van der Waals surface area contributed by atoms with E-state index >= 15 is 0 Å². The van der Waals surface area contributed by atoms with Gasteiger partial charge in [-0.05, 0) is 25.0 Å². The Morgan fingerprint density at radius 3 is 2.26 bits per heavy atom. The van der Waals surface area contributed by atoms with Crippen LogP contribution in [0.25, 0.3) is 0 Å². The molecule has 7 heteroatoms. The summed E-state index contributed by atoms with van der Waals surface area (Å²) in [7, 11) is 5.32. The quantitative estimate of drug-likeness (QED) is 0.381. The number of guanidine groups is 1. The zero-order chi connectivity index (χ0) is 19.7. The van der Waals surface area contributed by atoms with Gasteiger partial charge in [0.05, 0.1) is 5.41 Å². The maximum Gasteiger partial charge on any atom is 0.251 e. The third-order valence-electron chi connectivity index (χ3n) is 4.98. The van der Waals surface area contributed by atoms with Crippen LogP contribution in [-0.2, 0) is 4.79 Å². The second-order valence-electron chi connectivity index (χ2n) is 7.16. The number of hydrogen-bond donors (Lipinski definition) is 3. The van der Waals surface area contributed by atoms with Crippen LogP contribution < -0.4 is 16.0 Å². The number of carbonyl (C=O) groups is 2. The molecule has 0 bridgehead atoms. The van der Waals surface area contributed by atoms with Gasteiger partial charge in [0.1, 0.15) is 0 Å². The average Bonchev–Trinajstić information content (AvgIpc) is 3.17. The summed E-state index contributed by atoms with van der Waals surface area (Å²) in [4.78, 5) is 30.5. The lowest BCUT2D eigenvalue weighted by molar-refractivity contribution is -0.138. The van der Waals surface area contributed by atoms with E-state index in [4.69, 9.17) is 0 Å². The molecule has 0 aliphatic heterocycles. The molecule has 0 atom stereocenters. The highest BCUT2D eigenvalue weighted by Crippen LogP contribution is 2.38. The average molecular weight is 374 g/mol. The van der Waals surface area contributed by atoms with Gasteiger partial charge in [-0.15, -0.1) is 0 Å². The summed E-state index contributed by atoms with van der Waals surface area (Å²) in [5, 5.41) is 9.34. The van der Waals surface area contributed by atoms with Gasteiger partial charge in [-0.2, -0.15) is 0 Å². The van der Waals surface area contributed by atoms with Crippen molar-refractivity contribution in [2.45, 2.75) is 25.7 Å². The molecule has 0 spiro atoms. The smallest absolute Gasteiger partial charge is 0.251 e. The number of rotatable bonds is 7. The SMILES string of the molecule is CN=C(NCCNC(=O)c1ccccc1)NCC1(C(=O)N(C)C)CCCC1. The van der Waals surface area contributed by atoms with Crippen molar-refractivity contribution in [1.82, 2.24) is 20.9 Å². The maximum atomic E-state index is 12.6. The second-order valence-corrected chi connectivity index (χ2v) is 7.16. The van der Waals surface area contributed by atoms with E-state index in [2.05, 4.69) is 20.9 Å². The molecule has 1 aliphatic carbocycles. The van der Waals surface area contributed by atoms with Gasteiger partial charge in [0, 0.05) is 46.3 Å². The monoisotopic (exact) mass is 373 g/mol. The lowest BCUT2D eigenvalue weighted by Gasteiger charge is -2.31. The molecule has 1 aromatic carbocycles. The van der Waals surface area contributed by atoms with Gasteiger partial charge in [-0.1, -0.05) is 31.0 Å². The summed E-state index contributed by atoms with van der Waals surface area (Å²) in [5.74, 6) is 0.724. The van der Waals surface area contributed by atoms with Gasteiger partial charge in [-0.3, -0.25) is 14.6 Å². The standard InChI is InChI=1S/C20H31N5O2/c1-21-19(23-14-13-22-17(26)16-9-5-4-6-10-16)24-15-20(11-7-8-12-20)18(27)25(2)3/h4-6,9-10H,7-8,11-15H2,1-3H3,(H,22,26)(H2,21,23,24). The van der Waals surface area contributed by atoms with Crippen molar-refractivity contribution in [1.29, 1.82) is 0 Å². The minimum absolute atomic E-state index is 0.0955. The summed E-state index contributed by atoms with van der Waals surface area (Å²) in [5.41, 5.74) is 0.299. The Labute approximate surface area is 161 Å². The van der Waals surface area contributed by atoms with E-state index in [1.807, 2.05) is 32.3 Å². The molecule has 1 aromatic rings. The van der Waals surface area contributed by atoms with Crippen LogP contribution in [0.15, 0.2) is 35.3 Å². The molecule has 2 rings (SSSR count). The first kappa shape index (κ1) is 20.7. The third-order valence-corrected chi connectivity index (χ3v) is 4.98. The molecular weight excluding hydrogens is 342 g/mol. The highest BCUT2D eigenvalue weighted by atomic mass is 16.2. The van der Waals surface area contributed by atoms with Crippen LogP contribution in [0.5, 0.6) is 0 Å². The number of nitrogens with one attached hydrogen (secondary N) is 3. The van der Waals surface area contributed by atoms with Crippen molar-refractivity contribution in [2.75, 3.05) is 40.8 Å². The molecule has 1 fully saturated rings. The van der Waals surface area contributed by atoms with Crippen LogP contribution in [-0.4, -0.2) is 63.5 Å². The number of hydrogen-bond acceptors (Lipinski definition) is 3. The Morgan fingerprint density at radius 2 is 1.67 bits per heavy atom. The molecule has 27 heavy (non-hydrogen) atoms. The molecule has 148 valence electrons. The molecule has 0 radical (unpaired) electrons. The Bertz CT molecular complexity index is 652. The van der Waals surface area contributed by atoms with Gasteiger partial charge in [0.2, 0.25) is 5.91 Å². The second kappa shape index (κ2) is 9.94. The van der Waals surface area contributed by atoms with Crippen molar-refractivity contribution in [2.24, 2.45) is 10.4 Å². The van der Waals surface area contributed by atoms with Crippen molar-refractivity contribution < 1.29 is 9.59 Å². The number of carbonyl (C=O) groups excluding carboxylic acids is 2. The minimum Gasteiger partial charge on any atom is -0.355 e. The van der Waals surface area contributed by atoms with Gasteiger partial charge in [0.15, 0.2) is 5.96 Å². The lowest BCUT2D eigenvalue weighted by Crippen LogP contribution is -2.50. The zero-order valence-corrected chi connectivity index (χ0v) is 16.5. The van der Waals surface area contributed by atoms with Crippen molar-refractivity contribution >= 4 is 17.8 Å². The van der Waals surface area contributed by atoms with Gasteiger partial charge in [0.25, 0.3) is 5.91 Å². The normalized spacial score (nSPS) is 15.9. The first-order valence-electron chi connectivity index (χ1n) is 9.48. The number of benzene rings is 1. The van der Waals surface area contributed by atoms with Crippen LogP contribution in [0.2, 0.25) is 0 Å². The van der Waals surface area contributed by atoms with Gasteiger partial charge < -0.3 is 20.9 Å². The maximum absolute atomic E-state index is 12.6. The first-order valence-corrected chi connectivity index (χ1v) is 9.48. The Hall–Kier alpha value is -2.57. The minimum atomic E-state index is -0.345. The molecule has 0 aromatic heterocycles. The predicted molar refractivity (Wildman–Crippen MR) is 108 cm³/mol. The zero-order valence-electron chi connectivity index (χ0n) is 16.5. The fourth-order valence-corrected chi connectivity index (χ4v) is 3.51. The van der Waals surface area contributed by atoms with Gasteiger partial charge in [-0.25, -0.2) is 0 Å². The van der Waals surface area contributed by atoms with E-state index in [0.29, 0.717) is 31.2 Å². The van der Waals surface area contributed by atoms with E-state index in [-0.39, 0.29) is 17.2 Å². The van der Waals surface area contributed by atoms with Crippen LogP contribution in [0.4, 0.5) is 0 Å². The molecule has 1 aliphatic rings. The lowest BCUT2D eigenvalue weighted by atomic mass is 9.84. The molecule has 2 amide bonds. The van der Waals surface area contributed by atoms with Crippen molar-refractivity contribution in [3.63, 3.8) is 0 Å². The first-order chi connectivity index (χ1) is 13.0. The van der Waals surface area contributed by atoms with Crippen LogP contribution in [0, 0.1) is 5.41 Å². The van der Waals surface area contributed by atoms with E-state index < -0.39 is 0 Å². The predicted octanol–water partition coefficient (Wildman–Crippen LogP) is 1.23. The van der Waals surface area contributed by atoms with Gasteiger partial charge >= 0.3 is 0 Å². The Kier molecular flexibility index (Phi) is 7.64. The Morgan fingerprint density at radius 1 is 1.04 bits per heavy atom. The topological polar surface area (TPSA) is 85.8 Å². The highest BCUT2D eigenvalue weighted by Gasteiger charge is 2.42. The molecule has 0 unspecified atom stereocenters. The summed E-state index contributed by atoms with van der Waals surface area (Å²) < 4.78 is 0. The summed E-state index contributed by atoms with van der Waals surface area (Å²) in [6.45, 7) is 1.60. The largest absolute Gasteiger partial charge is 0.355 e. The van der Waals surface area contributed by atoms with E-state index in [9.17, 15) is 9.59 Å². The van der Waals surface area contributed by atoms with Crippen LogP contribution in [0.3, 0.4) is 0 Å². The van der Waals surface area contributed by atoms with E-state index in [1.165, 1.54) is 0 Å². The van der Waals surface area contributed by atoms with Crippen LogP contribution in [0.1, 0.15) is 36.0 Å². The summed E-state index contributed by atoms with van der Waals surface area (Å²) >= 11 is 0. The molecule has 0 saturated heterocycles. The third kappa shape index (κ3) is 5.70. The number of amides is 2. The fraction of sp³-hybridized carbons (Fsp3) is 0.550. The number of nitrogens with zero attached hydrogens (tertiary/aromatic N) is 2. The molecule has 0 heterocycles.